The third kappa shape index (κ3) is 3.77. The number of nitrogens with zero attached hydrogens (tertiary/aromatic N) is 4. The number of likely N-dealkylation sites (tertiary alicyclic amines) is 1. The van der Waals surface area contributed by atoms with E-state index in [2.05, 4.69) is 37.4 Å². The molecule has 31 heavy (non-hydrogen) atoms. The molecule has 3 aromatic rings. The largest absolute Gasteiger partial charge is 0.391 e. The summed E-state index contributed by atoms with van der Waals surface area (Å²) in [6, 6.07) is 12.3. The predicted octanol–water partition coefficient (Wildman–Crippen LogP) is 1.50. The molecule has 0 unspecified atom stereocenters. The Balaban J connectivity index is 1.27. The van der Waals surface area contributed by atoms with Gasteiger partial charge in [0.25, 0.3) is 5.91 Å². The van der Waals surface area contributed by atoms with Crippen LogP contribution in [0.2, 0.25) is 0 Å². The second-order valence-corrected chi connectivity index (χ2v) is 8.66. The van der Waals surface area contributed by atoms with Crippen molar-refractivity contribution >= 4 is 5.91 Å². The number of hydrogen-bond donors (Lipinski definition) is 3. The second kappa shape index (κ2) is 8.28. The molecule has 2 aromatic heterocycles. The lowest BCUT2D eigenvalue weighted by molar-refractivity contribution is 0.0934. The van der Waals surface area contributed by atoms with Gasteiger partial charge in [-0.25, -0.2) is 4.98 Å². The van der Waals surface area contributed by atoms with Gasteiger partial charge >= 0.3 is 0 Å². The lowest BCUT2D eigenvalue weighted by Crippen LogP contribution is -2.30. The molecule has 162 valence electrons. The zero-order chi connectivity index (χ0) is 21.3. The predicted molar refractivity (Wildman–Crippen MR) is 115 cm³/mol. The summed E-state index contributed by atoms with van der Waals surface area (Å²) in [5.41, 5.74) is 1.48. The molecule has 2 fully saturated rings. The van der Waals surface area contributed by atoms with Crippen LogP contribution in [0.15, 0.2) is 61.3 Å². The van der Waals surface area contributed by atoms with Crippen molar-refractivity contribution in [2.75, 3.05) is 26.2 Å². The highest BCUT2D eigenvalue weighted by atomic mass is 16.3. The summed E-state index contributed by atoms with van der Waals surface area (Å²) in [6.07, 6.45) is 7.38. The van der Waals surface area contributed by atoms with Crippen LogP contribution in [-0.2, 0) is 6.54 Å². The fourth-order valence-corrected chi connectivity index (χ4v) is 5.43. The van der Waals surface area contributed by atoms with Crippen molar-refractivity contribution in [2.24, 2.45) is 11.3 Å². The number of β-amino-alcohol motifs (C(OH)–C–C–N with tert-alkyl or cyclic N) is 1. The zero-order valence-corrected chi connectivity index (χ0v) is 17.4. The third-order valence-corrected chi connectivity index (χ3v) is 6.92. The van der Waals surface area contributed by atoms with E-state index in [-0.39, 0.29) is 23.2 Å². The molecule has 3 heterocycles. The number of aryl methyl sites for hydroxylation is 1. The number of aromatic amines is 1. The van der Waals surface area contributed by atoms with Crippen molar-refractivity contribution < 1.29 is 9.90 Å². The van der Waals surface area contributed by atoms with E-state index in [4.69, 9.17) is 0 Å². The smallest absolute Gasteiger partial charge is 0.269 e. The van der Waals surface area contributed by atoms with Gasteiger partial charge in [-0.2, -0.15) is 5.10 Å². The first-order valence-electron chi connectivity index (χ1n) is 10.9. The Morgan fingerprint density at radius 3 is 2.87 bits per heavy atom. The number of amides is 1. The fourth-order valence-electron chi connectivity index (χ4n) is 5.43. The summed E-state index contributed by atoms with van der Waals surface area (Å²) in [5.74, 6) is 0.282. The molecule has 3 N–H and O–H groups in total. The van der Waals surface area contributed by atoms with Crippen molar-refractivity contribution in [3.05, 3.63) is 72.6 Å². The number of aromatic nitrogens is 4. The molecule has 0 bridgehead atoms. The molecule has 1 saturated carbocycles. The number of carbonyl (C=O) groups is 1. The van der Waals surface area contributed by atoms with Crippen LogP contribution >= 0.6 is 0 Å². The first-order chi connectivity index (χ1) is 15.2. The average molecular weight is 421 g/mol. The normalized spacial score (nSPS) is 27.6. The van der Waals surface area contributed by atoms with Crippen LogP contribution in [0.1, 0.15) is 28.4 Å². The van der Waals surface area contributed by atoms with E-state index in [9.17, 15) is 9.90 Å². The summed E-state index contributed by atoms with van der Waals surface area (Å²) < 4.78 is 1.94. The van der Waals surface area contributed by atoms with Gasteiger partial charge in [0, 0.05) is 50.5 Å². The maximum Gasteiger partial charge on any atom is 0.269 e. The van der Waals surface area contributed by atoms with E-state index in [1.54, 1.807) is 6.20 Å². The Bertz CT molecular complexity index is 991. The highest BCUT2D eigenvalue weighted by Crippen LogP contribution is 2.68. The van der Waals surface area contributed by atoms with E-state index >= 15 is 0 Å². The summed E-state index contributed by atoms with van der Waals surface area (Å²) in [7, 11) is 0. The Kier molecular flexibility index (Phi) is 5.33. The number of aliphatic hydroxyl groups is 1. The fraction of sp³-hybridized carbons (Fsp3) is 0.435. The van der Waals surface area contributed by atoms with Crippen LogP contribution in [0, 0.1) is 11.3 Å². The lowest BCUT2D eigenvalue weighted by atomic mass is 9.95. The maximum atomic E-state index is 12.4. The minimum Gasteiger partial charge on any atom is -0.391 e. The van der Waals surface area contributed by atoms with Gasteiger partial charge in [-0.05, 0) is 29.9 Å². The standard InChI is InChI=1S/C23H28N6O2/c30-20-14-28(9-5-11-29-10-4-8-27-29)15-23(20)18(21(23)17-6-2-1-3-7-17)12-25-22(31)19-13-24-16-26-19/h1-4,6-8,10,13,16,18,20-21,30H,5,9,11-12,14-15H2,(H,24,26)(H,25,31)/t18-,20-,21-,23-/m1/s1. The first kappa shape index (κ1) is 20.0. The third-order valence-electron chi connectivity index (χ3n) is 6.92. The molecule has 8 nitrogen and oxygen atoms in total. The van der Waals surface area contributed by atoms with E-state index in [1.165, 1.54) is 18.1 Å². The summed E-state index contributed by atoms with van der Waals surface area (Å²) >= 11 is 0. The second-order valence-electron chi connectivity index (χ2n) is 8.66. The molecule has 1 spiro atoms. The van der Waals surface area contributed by atoms with Gasteiger partial charge in [0.1, 0.15) is 5.69 Å². The number of aliphatic hydroxyl groups excluding tert-OH is 1. The Labute approximate surface area is 181 Å². The topological polar surface area (TPSA) is 99.1 Å². The summed E-state index contributed by atoms with van der Waals surface area (Å²) in [5, 5.41) is 18.4. The van der Waals surface area contributed by atoms with Gasteiger partial charge in [-0.3, -0.25) is 14.4 Å². The zero-order valence-electron chi connectivity index (χ0n) is 17.4. The Morgan fingerprint density at radius 2 is 2.13 bits per heavy atom. The number of nitrogens with one attached hydrogen (secondary N) is 2. The molecular weight excluding hydrogens is 392 g/mol. The highest BCUT2D eigenvalue weighted by Gasteiger charge is 2.70. The van der Waals surface area contributed by atoms with Crippen molar-refractivity contribution in [1.82, 2.24) is 30.0 Å². The van der Waals surface area contributed by atoms with Gasteiger partial charge < -0.3 is 15.4 Å². The average Bonchev–Trinajstić information content (AvgIpc) is 3.30. The van der Waals surface area contributed by atoms with E-state index < -0.39 is 6.10 Å². The number of imidazole rings is 1. The van der Waals surface area contributed by atoms with Gasteiger partial charge in [0.15, 0.2) is 0 Å². The molecule has 1 aliphatic heterocycles. The molecule has 0 radical (unpaired) electrons. The van der Waals surface area contributed by atoms with Crippen LogP contribution in [0.3, 0.4) is 0 Å². The lowest BCUT2D eigenvalue weighted by Gasteiger charge is -2.17. The molecule has 8 heteroatoms. The molecule has 1 aromatic carbocycles. The van der Waals surface area contributed by atoms with Crippen molar-refractivity contribution in [3.8, 4) is 0 Å². The van der Waals surface area contributed by atoms with Gasteiger partial charge in [0.05, 0.1) is 18.6 Å². The minimum absolute atomic E-state index is 0.157. The Hall–Kier alpha value is -2.97. The first-order valence-corrected chi connectivity index (χ1v) is 10.9. The molecule has 1 amide bonds. The van der Waals surface area contributed by atoms with E-state index in [0.29, 0.717) is 18.8 Å². The van der Waals surface area contributed by atoms with Crippen LogP contribution < -0.4 is 5.32 Å². The monoisotopic (exact) mass is 420 g/mol. The number of benzene rings is 1. The van der Waals surface area contributed by atoms with Crippen molar-refractivity contribution in [3.63, 3.8) is 0 Å². The van der Waals surface area contributed by atoms with Crippen molar-refractivity contribution in [2.45, 2.75) is 25.0 Å². The summed E-state index contributed by atoms with van der Waals surface area (Å²) in [6.45, 7) is 3.85. The van der Waals surface area contributed by atoms with Gasteiger partial charge in [-0.1, -0.05) is 30.3 Å². The number of H-pyrrole nitrogens is 1. The number of carbonyl (C=O) groups excluding carboxylic acids is 1. The molecule has 2 aliphatic rings. The van der Waals surface area contributed by atoms with Gasteiger partial charge in [0.2, 0.25) is 0 Å². The van der Waals surface area contributed by atoms with Crippen LogP contribution in [0.5, 0.6) is 0 Å². The quantitative estimate of drug-likeness (QED) is 0.513. The highest BCUT2D eigenvalue weighted by molar-refractivity contribution is 5.92. The van der Waals surface area contributed by atoms with Crippen LogP contribution in [0.25, 0.3) is 0 Å². The van der Waals surface area contributed by atoms with Crippen LogP contribution in [-0.4, -0.2) is 67.9 Å². The SMILES string of the molecule is O=C(NC[C@@H]1[C@@H](c2ccccc2)[C@]12CN(CCCn1cccn1)C[C@H]2O)c1cnc[nH]1. The van der Waals surface area contributed by atoms with E-state index in [0.717, 1.165) is 26.1 Å². The van der Waals surface area contributed by atoms with Crippen LogP contribution in [0.4, 0.5) is 0 Å². The number of hydrogen-bond acceptors (Lipinski definition) is 5. The van der Waals surface area contributed by atoms with Crippen molar-refractivity contribution in [1.29, 1.82) is 0 Å². The Morgan fingerprint density at radius 1 is 1.26 bits per heavy atom. The maximum absolute atomic E-state index is 12.4. The molecule has 1 saturated heterocycles. The molecule has 1 aliphatic carbocycles. The van der Waals surface area contributed by atoms with E-state index in [1.807, 2.05) is 35.1 Å². The minimum atomic E-state index is -0.406. The molecular formula is C23H28N6O2. The van der Waals surface area contributed by atoms with Gasteiger partial charge in [-0.15, -0.1) is 0 Å². The molecule has 5 rings (SSSR count). The number of rotatable bonds is 8. The molecule has 4 atom stereocenters. The summed E-state index contributed by atoms with van der Waals surface area (Å²) in [4.78, 5) is 21.5.